The molecule has 0 aliphatic heterocycles. The zero-order valence-corrected chi connectivity index (χ0v) is 22.5. The van der Waals surface area contributed by atoms with Gasteiger partial charge in [0.25, 0.3) is 0 Å². The second kappa shape index (κ2) is 7.10. The maximum Gasteiger partial charge on any atom is 0.0763 e. The Morgan fingerprint density at radius 2 is 1.48 bits per heavy atom. The van der Waals surface area contributed by atoms with Gasteiger partial charge in [-0.05, 0) is 83.9 Å². The molecule has 0 aromatic rings. The Bertz CT molecular complexity index is 847. The van der Waals surface area contributed by atoms with Crippen LogP contribution < -0.4 is 0 Å². The Morgan fingerprint density at radius 3 is 2.15 bits per heavy atom. The van der Waals surface area contributed by atoms with Crippen molar-refractivity contribution in [3.05, 3.63) is 11.6 Å². The highest BCUT2D eigenvalue weighted by Gasteiger charge is 2.71. The van der Waals surface area contributed by atoms with Gasteiger partial charge in [-0.25, -0.2) is 0 Å². The van der Waals surface area contributed by atoms with Gasteiger partial charge in [0, 0.05) is 17.8 Å². The predicted octanol–water partition coefficient (Wildman–Crippen LogP) is 5.97. The molecule has 3 heteroatoms. The number of aliphatic hydroxyl groups is 3. The summed E-state index contributed by atoms with van der Waals surface area (Å²) in [6.45, 7) is 19.0. The fraction of sp³-hybridized carbons (Fsp3) is 0.933. The molecule has 3 N–H and O–H groups in total. The summed E-state index contributed by atoms with van der Waals surface area (Å²) in [6.07, 6.45) is 8.29. The van der Waals surface area contributed by atoms with Crippen LogP contribution in [0, 0.1) is 56.7 Å². The van der Waals surface area contributed by atoms with Gasteiger partial charge in [-0.1, -0.05) is 67.0 Å². The SMILES string of the molecule is C[C@H]1[C@H](C)CC[C@]2(C)CC[C@]3(C)C(=C[C@@H](O)[C@@H]4[C@@]5(C)[C@@H](O)C[C@@H](O)C(C)(C)[C@@H]5CC[C@]43C)[C@H]12. The lowest BCUT2D eigenvalue weighted by molar-refractivity contribution is -0.260. The number of hydrogen-bond acceptors (Lipinski definition) is 3. The van der Waals surface area contributed by atoms with Crippen LogP contribution in [0.1, 0.15) is 100 Å². The Kier molecular flexibility index (Phi) is 5.23. The quantitative estimate of drug-likeness (QED) is 0.392. The molecule has 0 bridgehead atoms. The molecule has 0 heterocycles. The first-order valence-electron chi connectivity index (χ1n) is 13.9. The molecule has 3 nitrogen and oxygen atoms in total. The molecular formula is C30H50O3. The minimum absolute atomic E-state index is 0.0138. The summed E-state index contributed by atoms with van der Waals surface area (Å²) in [6, 6.07) is 0. The van der Waals surface area contributed by atoms with Crippen LogP contribution in [-0.4, -0.2) is 33.6 Å². The second-order valence-electron chi connectivity index (χ2n) is 14.9. The van der Waals surface area contributed by atoms with Crippen LogP contribution in [0.5, 0.6) is 0 Å². The minimum atomic E-state index is -0.578. The molecule has 0 spiro atoms. The van der Waals surface area contributed by atoms with E-state index in [9.17, 15) is 15.3 Å². The normalized spacial score (nSPS) is 60.0. The summed E-state index contributed by atoms with van der Waals surface area (Å²) in [5.41, 5.74) is 1.25. The van der Waals surface area contributed by atoms with Crippen molar-refractivity contribution in [3.8, 4) is 0 Å². The first-order chi connectivity index (χ1) is 15.1. The van der Waals surface area contributed by atoms with Crippen molar-refractivity contribution in [2.45, 2.75) is 119 Å². The number of aliphatic hydroxyl groups excluding tert-OH is 3. The molecule has 0 radical (unpaired) electrons. The highest BCUT2D eigenvalue weighted by Crippen LogP contribution is 2.75. The van der Waals surface area contributed by atoms with Crippen LogP contribution in [-0.2, 0) is 0 Å². The third kappa shape index (κ3) is 2.80. The average Bonchev–Trinajstić information content (AvgIpc) is 2.71. The van der Waals surface area contributed by atoms with E-state index in [1.807, 2.05) is 0 Å². The van der Waals surface area contributed by atoms with Gasteiger partial charge in [0.15, 0.2) is 0 Å². The highest BCUT2D eigenvalue weighted by molar-refractivity contribution is 5.36. The van der Waals surface area contributed by atoms with E-state index in [0.717, 1.165) is 18.8 Å². The fourth-order valence-corrected chi connectivity index (χ4v) is 10.9. The van der Waals surface area contributed by atoms with E-state index < -0.39 is 23.7 Å². The average molecular weight is 459 g/mol. The molecule has 0 saturated heterocycles. The Labute approximate surface area is 202 Å². The van der Waals surface area contributed by atoms with Crippen LogP contribution in [0.25, 0.3) is 0 Å². The number of hydrogen-bond donors (Lipinski definition) is 3. The van der Waals surface area contributed by atoms with Crippen molar-refractivity contribution in [1.29, 1.82) is 0 Å². The van der Waals surface area contributed by atoms with Crippen molar-refractivity contribution in [1.82, 2.24) is 0 Å². The van der Waals surface area contributed by atoms with Crippen molar-refractivity contribution >= 4 is 0 Å². The molecule has 188 valence electrons. The van der Waals surface area contributed by atoms with E-state index in [0.29, 0.717) is 23.7 Å². The summed E-state index contributed by atoms with van der Waals surface area (Å²) < 4.78 is 0. The van der Waals surface area contributed by atoms with Crippen LogP contribution in [0.2, 0.25) is 0 Å². The Morgan fingerprint density at radius 1 is 0.818 bits per heavy atom. The zero-order chi connectivity index (χ0) is 24.4. The number of fused-ring (bicyclic) bond motifs is 7. The van der Waals surface area contributed by atoms with E-state index in [1.165, 1.54) is 25.7 Å². The molecular weight excluding hydrogens is 408 g/mol. The zero-order valence-electron chi connectivity index (χ0n) is 22.5. The Hall–Kier alpha value is -0.380. The van der Waals surface area contributed by atoms with Gasteiger partial charge in [-0.3, -0.25) is 0 Å². The van der Waals surface area contributed by atoms with Gasteiger partial charge in [0.2, 0.25) is 0 Å². The van der Waals surface area contributed by atoms with E-state index in [2.05, 4.69) is 61.5 Å². The standard InChI is InChI=1S/C30H50O3/c1-17-9-11-27(5)13-14-28(6)19(24(27)18(17)2)15-20(31)25-29(28,7)12-10-21-26(3,4)22(32)16-23(33)30(21,25)8/h15,17-18,20-25,31-33H,9-14,16H2,1-8H3/t17-,18+,20-,21+,22-,23+,24+,25+,27-,28-,29-,30-/m1/s1. The van der Waals surface area contributed by atoms with Gasteiger partial charge in [-0.15, -0.1) is 0 Å². The van der Waals surface area contributed by atoms with Crippen LogP contribution in [0.3, 0.4) is 0 Å². The second-order valence-corrected chi connectivity index (χ2v) is 14.9. The molecule has 0 aromatic heterocycles. The molecule has 5 aliphatic carbocycles. The molecule has 4 fully saturated rings. The number of allylic oxidation sites excluding steroid dienone is 1. The molecule has 4 saturated carbocycles. The lowest BCUT2D eigenvalue weighted by atomic mass is 9.32. The largest absolute Gasteiger partial charge is 0.392 e. The summed E-state index contributed by atoms with van der Waals surface area (Å²) in [5.74, 6) is 2.14. The van der Waals surface area contributed by atoms with E-state index in [1.54, 1.807) is 5.57 Å². The third-order valence-corrected chi connectivity index (χ3v) is 13.4. The lowest BCUT2D eigenvalue weighted by Gasteiger charge is -2.72. The van der Waals surface area contributed by atoms with E-state index in [-0.39, 0.29) is 28.1 Å². The summed E-state index contributed by atoms with van der Waals surface area (Å²) >= 11 is 0. The summed E-state index contributed by atoms with van der Waals surface area (Å²) in [5, 5.41) is 34.4. The molecule has 5 aliphatic rings. The maximum absolute atomic E-state index is 12.0. The summed E-state index contributed by atoms with van der Waals surface area (Å²) in [4.78, 5) is 0. The van der Waals surface area contributed by atoms with Crippen LogP contribution in [0.4, 0.5) is 0 Å². The molecule has 0 unspecified atom stereocenters. The summed E-state index contributed by atoms with van der Waals surface area (Å²) in [7, 11) is 0. The maximum atomic E-state index is 12.0. The van der Waals surface area contributed by atoms with Gasteiger partial charge in [0.1, 0.15) is 0 Å². The van der Waals surface area contributed by atoms with Crippen molar-refractivity contribution < 1.29 is 15.3 Å². The van der Waals surface area contributed by atoms with Crippen LogP contribution >= 0.6 is 0 Å². The molecule has 33 heavy (non-hydrogen) atoms. The Balaban J connectivity index is 1.66. The lowest BCUT2D eigenvalue weighted by Crippen LogP contribution is -2.70. The highest BCUT2D eigenvalue weighted by atomic mass is 16.3. The van der Waals surface area contributed by atoms with Crippen molar-refractivity contribution in [2.24, 2.45) is 56.7 Å². The first-order valence-corrected chi connectivity index (χ1v) is 13.9. The van der Waals surface area contributed by atoms with Crippen molar-refractivity contribution in [3.63, 3.8) is 0 Å². The van der Waals surface area contributed by atoms with Gasteiger partial charge in [-0.2, -0.15) is 0 Å². The van der Waals surface area contributed by atoms with E-state index >= 15 is 0 Å². The molecule has 0 aromatic carbocycles. The van der Waals surface area contributed by atoms with Crippen LogP contribution in [0.15, 0.2) is 11.6 Å². The van der Waals surface area contributed by atoms with Gasteiger partial charge in [0.05, 0.1) is 18.3 Å². The monoisotopic (exact) mass is 458 g/mol. The van der Waals surface area contributed by atoms with Gasteiger partial charge >= 0.3 is 0 Å². The third-order valence-electron chi connectivity index (χ3n) is 13.4. The first kappa shape index (κ1) is 24.3. The molecule has 0 amide bonds. The molecule has 5 rings (SSSR count). The smallest absolute Gasteiger partial charge is 0.0763 e. The molecule has 12 atom stereocenters. The van der Waals surface area contributed by atoms with E-state index in [4.69, 9.17) is 0 Å². The minimum Gasteiger partial charge on any atom is -0.392 e. The van der Waals surface area contributed by atoms with Crippen molar-refractivity contribution in [2.75, 3.05) is 0 Å². The fourth-order valence-electron chi connectivity index (χ4n) is 10.9. The topological polar surface area (TPSA) is 60.7 Å². The van der Waals surface area contributed by atoms with Gasteiger partial charge < -0.3 is 15.3 Å². The number of rotatable bonds is 0. The predicted molar refractivity (Wildman–Crippen MR) is 133 cm³/mol.